The normalized spacial score (nSPS) is 14.7. The Kier molecular flexibility index (Phi) is 8.71. The number of nitrogens with zero attached hydrogens (tertiary/aromatic N) is 2. The molecule has 0 spiro atoms. The van der Waals surface area contributed by atoms with Gasteiger partial charge < -0.3 is 19.5 Å². The molecule has 1 fully saturated rings. The van der Waals surface area contributed by atoms with Crippen molar-refractivity contribution >= 4 is 22.9 Å². The van der Waals surface area contributed by atoms with Crippen LogP contribution in [0, 0.1) is 12.8 Å². The molecule has 1 aliphatic rings. The SMILES string of the molecule is COC(=O)C(CC1CCCCC1)NC(=O)c1ccc(OCCOc2nc3ccccc3nc2C)cc1. The zero-order valence-electron chi connectivity index (χ0n) is 20.9. The zero-order valence-corrected chi connectivity index (χ0v) is 20.9. The van der Waals surface area contributed by atoms with Crippen molar-refractivity contribution in [2.24, 2.45) is 5.92 Å². The second-order valence-corrected chi connectivity index (χ2v) is 9.11. The Morgan fingerprint density at radius 1 is 0.944 bits per heavy atom. The number of methoxy groups -OCH3 is 1. The first-order chi connectivity index (χ1) is 17.5. The third kappa shape index (κ3) is 6.71. The molecule has 2 aromatic carbocycles. The number of esters is 1. The lowest BCUT2D eigenvalue weighted by molar-refractivity contribution is -0.143. The van der Waals surface area contributed by atoms with Crippen molar-refractivity contribution in [1.29, 1.82) is 0 Å². The highest BCUT2D eigenvalue weighted by molar-refractivity contribution is 5.96. The summed E-state index contributed by atoms with van der Waals surface area (Å²) in [5, 5.41) is 2.85. The Morgan fingerprint density at radius 3 is 2.31 bits per heavy atom. The third-order valence-corrected chi connectivity index (χ3v) is 6.49. The van der Waals surface area contributed by atoms with E-state index < -0.39 is 12.0 Å². The molecule has 8 nitrogen and oxygen atoms in total. The number of carbonyl (C=O) groups excluding carboxylic acids is 2. The Balaban J connectivity index is 1.27. The number of nitrogens with one attached hydrogen (secondary N) is 1. The minimum absolute atomic E-state index is 0.304. The minimum atomic E-state index is -0.639. The van der Waals surface area contributed by atoms with Crippen LogP contribution in [0.3, 0.4) is 0 Å². The predicted molar refractivity (Wildman–Crippen MR) is 136 cm³/mol. The molecule has 1 unspecified atom stereocenters. The number of ether oxygens (including phenoxy) is 3. The number of rotatable bonds is 10. The van der Waals surface area contributed by atoms with Gasteiger partial charge in [-0.1, -0.05) is 44.2 Å². The molecule has 0 aliphatic heterocycles. The molecule has 1 atom stereocenters. The van der Waals surface area contributed by atoms with Crippen molar-refractivity contribution < 1.29 is 23.8 Å². The van der Waals surface area contributed by atoms with E-state index in [-0.39, 0.29) is 5.91 Å². The average molecular weight is 492 g/mol. The molecule has 1 amide bonds. The topological polar surface area (TPSA) is 99.6 Å². The molecule has 8 heteroatoms. The summed E-state index contributed by atoms with van der Waals surface area (Å²) in [4.78, 5) is 34.1. The van der Waals surface area contributed by atoms with E-state index in [2.05, 4.69) is 15.3 Å². The average Bonchev–Trinajstić information content (AvgIpc) is 2.91. The van der Waals surface area contributed by atoms with Crippen molar-refractivity contribution in [2.75, 3.05) is 20.3 Å². The molecule has 1 aliphatic carbocycles. The van der Waals surface area contributed by atoms with Gasteiger partial charge in [0.25, 0.3) is 5.91 Å². The van der Waals surface area contributed by atoms with E-state index in [0.29, 0.717) is 42.7 Å². The number of amides is 1. The van der Waals surface area contributed by atoms with Crippen molar-refractivity contribution in [3.05, 3.63) is 59.8 Å². The van der Waals surface area contributed by atoms with Crippen LogP contribution in [0.15, 0.2) is 48.5 Å². The first-order valence-corrected chi connectivity index (χ1v) is 12.5. The molecule has 1 heterocycles. The van der Waals surface area contributed by atoms with E-state index in [1.165, 1.54) is 26.4 Å². The van der Waals surface area contributed by atoms with Crippen molar-refractivity contribution in [1.82, 2.24) is 15.3 Å². The van der Waals surface area contributed by atoms with Crippen LogP contribution in [0.25, 0.3) is 11.0 Å². The number of benzene rings is 2. The largest absolute Gasteiger partial charge is 0.490 e. The summed E-state index contributed by atoms with van der Waals surface area (Å²) < 4.78 is 16.4. The lowest BCUT2D eigenvalue weighted by atomic mass is 9.85. The van der Waals surface area contributed by atoms with Crippen LogP contribution in [0.5, 0.6) is 11.6 Å². The highest BCUT2D eigenvalue weighted by Gasteiger charge is 2.27. The molecule has 4 rings (SSSR count). The molecule has 0 saturated heterocycles. The van der Waals surface area contributed by atoms with E-state index in [9.17, 15) is 9.59 Å². The smallest absolute Gasteiger partial charge is 0.328 e. The lowest BCUT2D eigenvalue weighted by Gasteiger charge is -2.25. The number of hydrogen-bond acceptors (Lipinski definition) is 7. The Morgan fingerprint density at radius 2 is 1.61 bits per heavy atom. The maximum atomic E-state index is 12.8. The molecule has 1 saturated carbocycles. The monoisotopic (exact) mass is 491 g/mol. The van der Waals surface area contributed by atoms with Gasteiger partial charge in [-0.15, -0.1) is 0 Å². The van der Waals surface area contributed by atoms with Gasteiger partial charge in [-0.05, 0) is 55.7 Å². The van der Waals surface area contributed by atoms with Crippen LogP contribution in [0.1, 0.15) is 54.6 Å². The van der Waals surface area contributed by atoms with Gasteiger partial charge in [0.05, 0.1) is 18.1 Å². The van der Waals surface area contributed by atoms with Gasteiger partial charge in [0.2, 0.25) is 5.88 Å². The Bertz CT molecular complexity index is 1180. The molecule has 36 heavy (non-hydrogen) atoms. The van der Waals surface area contributed by atoms with Crippen LogP contribution in [-0.2, 0) is 9.53 Å². The molecule has 3 aromatic rings. The predicted octanol–water partition coefficient (Wildman–Crippen LogP) is 4.64. The lowest BCUT2D eigenvalue weighted by Crippen LogP contribution is -2.43. The van der Waals surface area contributed by atoms with Gasteiger partial charge in [-0.25, -0.2) is 14.8 Å². The second-order valence-electron chi connectivity index (χ2n) is 9.11. The number of para-hydroxylation sites is 2. The third-order valence-electron chi connectivity index (χ3n) is 6.49. The van der Waals surface area contributed by atoms with Crippen LogP contribution in [0.4, 0.5) is 0 Å². The van der Waals surface area contributed by atoms with Crippen molar-refractivity contribution in [2.45, 2.75) is 51.5 Å². The highest BCUT2D eigenvalue weighted by Crippen LogP contribution is 2.27. The van der Waals surface area contributed by atoms with Gasteiger partial charge in [-0.2, -0.15) is 0 Å². The van der Waals surface area contributed by atoms with E-state index in [1.807, 2.05) is 31.2 Å². The van der Waals surface area contributed by atoms with E-state index in [0.717, 1.165) is 29.6 Å². The standard InChI is InChI=1S/C28H33N3O5/c1-19-27(31-24-11-7-6-10-23(24)29-19)36-17-16-35-22-14-12-21(13-15-22)26(32)30-25(28(33)34-2)18-20-8-4-3-5-9-20/h6-7,10-15,20,25H,3-5,8-9,16-18H2,1-2H3,(H,30,32). The van der Waals surface area contributed by atoms with Gasteiger partial charge in [0.1, 0.15) is 30.7 Å². The van der Waals surface area contributed by atoms with Crippen molar-refractivity contribution in [3.63, 3.8) is 0 Å². The Hall–Kier alpha value is -3.68. The van der Waals surface area contributed by atoms with E-state index in [1.54, 1.807) is 24.3 Å². The molecule has 0 radical (unpaired) electrons. The number of aryl methyl sites for hydroxylation is 1. The molecule has 1 aromatic heterocycles. The first-order valence-electron chi connectivity index (χ1n) is 12.5. The molecule has 190 valence electrons. The number of fused-ring (bicyclic) bond motifs is 1. The molecule has 1 N–H and O–H groups in total. The fourth-order valence-corrected chi connectivity index (χ4v) is 4.56. The molecular weight excluding hydrogens is 458 g/mol. The summed E-state index contributed by atoms with van der Waals surface area (Å²) in [7, 11) is 1.35. The first kappa shape index (κ1) is 25.4. The summed E-state index contributed by atoms with van der Waals surface area (Å²) in [6.07, 6.45) is 6.38. The van der Waals surface area contributed by atoms with Crippen LogP contribution in [0.2, 0.25) is 0 Å². The summed E-state index contributed by atoms with van der Waals surface area (Å²) >= 11 is 0. The summed E-state index contributed by atoms with van der Waals surface area (Å²) in [5.41, 5.74) is 2.78. The van der Waals surface area contributed by atoms with Crippen molar-refractivity contribution in [3.8, 4) is 11.6 Å². The number of aromatic nitrogens is 2. The van der Waals surface area contributed by atoms with Crippen LogP contribution >= 0.6 is 0 Å². The van der Waals surface area contributed by atoms with Crippen LogP contribution in [-0.4, -0.2) is 48.2 Å². The maximum Gasteiger partial charge on any atom is 0.328 e. The summed E-state index contributed by atoms with van der Waals surface area (Å²) in [5.74, 6) is 0.827. The molecular formula is C28H33N3O5. The maximum absolute atomic E-state index is 12.8. The number of hydrogen-bond donors (Lipinski definition) is 1. The van der Waals surface area contributed by atoms with Gasteiger partial charge >= 0.3 is 5.97 Å². The second kappa shape index (κ2) is 12.3. The number of carbonyl (C=O) groups is 2. The fraction of sp³-hybridized carbons (Fsp3) is 0.429. The Labute approximate surface area is 211 Å². The highest BCUT2D eigenvalue weighted by atomic mass is 16.5. The minimum Gasteiger partial charge on any atom is -0.490 e. The summed E-state index contributed by atoms with van der Waals surface area (Å²) in [6.45, 7) is 2.47. The van der Waals surface area contributed by atoms with E-state index >= 15 is 0 Å². The zero-order chi connectivity index (χ0) is 25.3. The summed E-state index contributed by atoms with van der Waals surface area (Å²) in [6, 6.07) is 13.8. The molecule has 0 bridgehead atoms. The quantitative estimate of drug-likeness (QED) is 0.326. The van der Waals surface area contributed by atoms with Gasteiger partial charge in [0.15, 0.2) is 0 Å². The van der Waals surface area contributed by atoms with E-state index in [4.69, 9.17) is 14.2 Å². The van der Waals surface area contributed by atoms with Crippen LogP contribution < -0.4 is 14.8 Å². The fourth-order valence-electron chi connectivity index (χ4n) is 4.56. The van der Waals surface area contributed by atoms with Gasteiger partial charge in [-0.3, -0.25) is 4.79 Å². The van der Waals surface area contributed by atoms with Gasteiger partial charge in [0, 0.05) is 5.56 Å².